The second kappa shape index (κ2) is 13.1. The third kappa shape index (κ3) is 8.43. The van der Waals surface area contributed by atoms with Gasteiger partial charge in [0.25, 0.3) is 0 Å². The standard InChI is InChI=1S/C25H29F2N2O4P/c1-15(34-4)14-33-24(19-8-6-5-7-9-19)23(17(3)30)29-25(32)16(2)28-22(31)12-18-10-20(26)13-21(27)11-18/h5-11,13,15-16,23-24H,4,12,14H2,1-3H3,(H,28,31)(H,29,32)/t15-,16-,23+,24+/m0/s1. The fraction of sp³-hybridized carbons (Fsp3) is 0.360. The quantitative estimate of drug-likeness (QED) is 0.446. The Balaban J connectivity index is 2.10. The zero-order valence-corrected chi connectivity index (χ0v) is 20.3. The lowest BCUT2D eigenvalue weighted by atomic mass is 9.98. The van der Waals surface area contributed by atoms with E-state index in [4.69, 9.17) is 4.74 Å². The number of amides is 2. The molecule has 2 rings (SSSR count). The highest BCUT2D eigenvalue weighted by molar-refractivity contribution is 7.37. The van der Waals surface area contributed by atoms with Crippen LogP contribution in [0.3, 0.4) is 0 Å². The lowest BCUT2D eigenvalue weighted by Gasteiger charge is -2.28. The van der Waals surface area contributed by atoms with Crippen molar-refractivity contribution in [1.29, 1.82) is 0 Å². The summed E-state index contributed by atoms with van der Waals surface area (Å²) in [6, 6.07) is 9.90. The molecule has 0 fully saturated rings. The number of halogens is 2. The topological polar surface area (TPSA) is 84.5 Å². The first-order valence-corrected chi connectivity index (χ1v) is 11.9. The molecule has 9 heteroatoms. The Labute approximate surface area is 199 Å². The first kappa shape index (κ1) is 27.3. The first-order valence-electron chi connectivity index (χ1n) is 10.8. The van der Waals surface area contributed by atoms with Gasteiger partial charge in [-0.2, -0.15) is 0 Å². The number of Topliss-reactive ketones (excluding diaryl/α,β-unsaturated/α-hetero) is 1. The van der Waals surface area contributed by atoms with E-state index in [1.165, 1.54) is 13.8 Å². The Morgan fingerprint density at radius 2 is 1.65 bits per heavy atom. The van der Waals surface area contributed by atoms with Crippen molar-refractivity contribution in [2.45, 2.75) is 51.0 Å². The van der Waals surface area contributed by atoms with E-state index in [2.05, 4.69) is 16.9 Å². The predicted molar refractivity (Wildman–Crippen MR) is 129 cm³/mol. The summed E-state index contributed by atoms with van der Waals surface area (Å²) in [5, 5.41) is 5.17. The van der Waals surface area contributed by atoms with Gasteiger partial charge in [0.1, 0.15) is 29.8 Å². The van der Waals surface area contributed by atoms with Gasteiger partial charge in [0.15, 0.2) is 5.78 Å². The number of carbonyl (C=O) groups excluding carboxylic acids is 3. The van der Waals surface area contributed by atoms with Crippen molar-refractivity contribution in [2.24, 2.45) is 0 Å². The lowest BCUT2D eigenvalue weighted by molar-refractivity contribution is -0.133. The largest absolute Gasteiger partial charge is 0.370 e. The van der Waals surface area contributed by atoms with Gasteiger partial charge in [-0.3, -0.25) is 14.4 Å². The number of ketones is 1. The highest BCUT2D eigenvalue weighted by atomic mass is 31.1. The molecule has 34 heavy (non-hydrogen) atoms. The van der Waals surface area contributed by atoms with Crippen LogP contribution < -0.4 is 10.6 Å². The molecule has 2 N–H and O–H groups in total. The van der Waals surface area contributed by atoms with Gasteiger partial charge in [0.2, 0.25) is 11.8 Å². The number of hydrogen-bond donors (Lipinski definition) is 2. The van der Waals surface area contributed by atoms with Crippen molar-refractivity contribution in [1.82, 2.24) is 10.6 Å². The Bertz CT molecular complexity index is 999. The highest BCUT2D eigenvalue weighted by Crippen LogP contribution is 2.24. The lowest BCUT2D eigenvalue weighted by Crippen LogP contribution is -2.52. The summed E-state index contributed by atoms with van der Waals surface area (Å²) in [6.07, 6.45) is 2.79. The summed E-state index contributed by atoms with van der Waals surface area (Å²) in [5.41, 5.74) is 0.988. The average Bonchev–Trinajstić information content (AvgIpc) is 2.77. The van der Waals surface area contributed by atoms with Crippen LogP contribution in [0.4, 0.5) is 8.78 Å². The van der Waals surface area contributed by atoms with Gasteiger partial charge in [-0.1, -0.05) is 43.6 Å². The Kier molecular flexibility index (Phi) is 10.5. The fourth-order valence-corrected chi connectivity index (χ4v) is 3.44. The van der Waals surface area contributed by atoms with Crippen LogP contribution in [-0.4, -0.2) is 48.2 Å². The molecule has 0 aliphatic rings. The maximum atomic E-state index is 13.4. The van der Waals surface area contributed by atoms with E-state index in [9.17, 15) is 23.2 Å². The molecule has 0 spiro atoms. The molecule has 0 aliphatic carbocycles. The summed E-state index contributed by atoms with van der Waals surface area (Å²) in [7, 11) is 0.889. The van der Waals surface area contributed by atoms with Crippen LogP contribution >= 0.6 is 8.20 Å². The van der Waals surface area contributed by atoms with Gasteiger partial charge in [-0.05, 0) is 37.1 Å². The summed E-state index contributed by atoms with van der Waals surface area (Å²) in [6.45, 7) is 5.11. The van der Waals surface area contributed by atoms with Gasteiger partial charge < -0.3 is 15.4 Å². The zero-order valence-electron chi connectivity index (χ0n) is 19.4. The third-order valence-electron chi connectivity index (χ3n) is 5.05. The monoisotopic (exact) mass is 490 g/mol. The maximum Gasteiger partial charge on any atom is 0.242 e. The molecule has 182 valence electrons. The molecule has 0 bridgehead atoms. The minimum absolute atomic E-state index is 0.125. The third-order valence-corrected chi connectivity index (χ3v) is 5.83. The number of rotatable bonds is 12. The average molecular weight is 490 g/mol. The molecule has 2 amide bonds. The molecule has 2 aromatic carbocycles. The molecule has 0 unspecified atom stereocenters. The minimum Gasteiger partial charge on any atom is -0.370 e. The number of nitrogens with one attached hydrogen (secondary N) is 2. The Hall–Kier alpha value is -2.96. The summed E-state index contributed by atoms with van der Waals surface area (Å²) < 4.78 is 32.7. The molecule has 6 nitrogen and oxygen atoms in total. The Morgan fingerprint density at radius 1 is 1.03 bits per heavy atom. The number of benzene rings is 2. The molecular weight excluding hydrogens is 461 g/mol. The van der Waals surface area contributed by atoms with E-state index in [-0.39, 0.29) is 23.4 Å². The normalized spacial score (nSPS) is 14.6. The molecular formula is C25H29F2N2O4P. The smallest absolute Gasteiger partial charge is 0.242 e. The highest BCUT2D eigenvalue weighted by Gasteiger charge is 2.31. The van der Waals surface area contributed by atoms with E-state index in [1.807, 2.05) is 37.3 Å². The van der Waals surface area contributed by atoms with Crippen LogP contribution in [-0.2, 0) is 25.5 Å². The van der Waals surface area contributed by atoms with E-state index >= 15 is 0 Å². The molecule has 0 aromatic heterocycles. The number of ether oxygens (including phenoxy) is 1. The number of carbonyl (C=O) groups is 3. The second-order valence-electron chi connectivity index (χ2n) is 8.04. The Morgan fingerprint density at radius 3 is 2.21 bits per heavy atom. The van der Waals surface area contributed by atoms with Crippen molar-refractivity contribution >= 4 is 32.1 Å². The van der Waals surface area contributed by atoms with Crippen LogP contribution in [0, 0.1) is 11.6 Å². The van der Waals surface area contributed by atoms with Gasteiger partial charge in [0, 0.05) is 11.7 Å². The van der Waals surface area contributed by atoms with Gasteiger partial charge >= 0.3 is 0 Å². The van der Waals surface area contributed by atoms with Gasteiger partial charge in [-0.15, -0.1) is 8.20 Å². The molecule has 0 aliphatic heterocycles. The van der Waals surface area contributed by atoms with Crippen LogP contribution in [0.5, 0.6) is 0 Å². The second-order valence-corrected chi connectivity index (χ2v) is 9.28. The van der Waals surface area contributed by atoms with Crippen molar-refractivity contribution < 1.29 is 27.9 Å². The van der Waals surface area contributed by atoms with Crippen molar-refractivity contribution in [3.63, 3.8) is 0 Å². The van der Waals surface area contributed by atoms with Crippen molar-refractivity contribution in [3.05, 3.63) is 71.3 Å². The summed E-state index contributed by atoms with van der Waals surface area (Å²) in [5.74, 6) is -3.08. The molecule has 2 aromatic rings. The van der Waals surface area contributed by atoms with E-state index in [0.717, 1.165) is 25.9 Å². The van der Waals surface area contributed by atoms with Gasteiger partial charge in [-0.25, -0.2) is 8.78 Å². The van der Waals surface area contributed by atoms with Crippen molar-refractivity contribution in [2.75, 3.05) is 6.61 Å². The summed E-state index contributed by atoms with van der Waals surface area (Å²) in [4.78, 5) is 37.6. The first-order chi connectivity index (χ1) is 16.1. The van der Waals surface area contributed by atoms with Crippen LogP contribution in [0.25, 0.3) is 0 Å². The van der Waals surface area contributed by atoms with Crippen LogP contribution in [0.15, 0.2) is 48.5 Å². The molecule has 0 heterocycles. The minimum atomic E-state index is -0.999. The molecule has 0 saturated heterocycles. The molecule has 0 radical (unpaired) electrons. The van der Waals surface area contributed by atoms with E-state index in [0.29, 0.717) is 12.7 Å². The van der Waals surface area contributed by atoms with Crippen LogP contribution in [0.1, 0.15) is 38.0 Å². The predicted octanol–water partition coefficient (Wildman–Crippen LogP) is 3.61. The van der Waals surface area contributed by atoms with Crippen LogP contribution in [0.2, 0.25) is 0 Å². The molecule has 4 atom stereocenters. The number of hydrogen-bond acceptors (Lipinski definition) is 4. The van der Waals surface area contributed by atoms with Crippen molar-refractivity contribution in [3.8, 4) is 0 Å². The zero-order chi connectivity index (χ0) is 25.3. The van der Waals surface area contributed by atoms with Gasteiger partial charge in [0.05, 0.1) is 13.0 Å². The summed E-state index contributed by atoms with van der Waals surface area (Å²) >= 11 is 0. The maximum absolute atomic E-state index is 13.4. The van der Waals surface area contributed by atoms with E-state index < -0.39 is 41.6 Å². The fourth-order valence-electron chi connectivity index (χ4n) is 3.25. The SMILES string of the molecule is C=P[C@@H](C)CO[C@H](c1ccccc1)[C@H](NC(=O)[C@H](C)NC(=O)Cc1cc(F)cc(F)c1)C(C)=O. The molecule has 0 saturated carbocycles. The van der Waals surface area contributed by atoms with E-state index in [1.54, 1.807) is 0 Å².